The first-order valence-corrected chi connectivity index (χ1v) is 19.7. The maximum atomic E-state index is 13.8. The second-order valence-electron chi connectivity index (χ2n) is 16.4. The summed E-state index contributed by atoms with van der Waals surface area (Å²) in [5.41, 5.74) is 1.99. The van der Waals surface area contributed by atoms with Gasteiger partial charge in [0.1, 0.15) is 36.3 Å². The third kappa shape index (κ3) is 9.69. The van der Waals surface area contributed by atoms with Crippen molar-refractivity contribution in [1.82, 2.24) is 0 Å². The summed E-state index contributed by atoms with van der Waals surface area (Å²) in [6.07, 6.45) is -2.53. The van der Waals surface area contributed by atoms with Crippen molar-refractivity contribution in [2.24, 2.45) is 11.8 Å². The lowest BCUT2D eigenvalue weighted by molar-refractivity contribution is -0.273. The van der Waals surface area contributed by atoms with Crippen molar-refractivity contribution in [2.45, 2.75) is 182 Å². The van der Waals surface area contributed by atoms with Crippen LogP contribution in [0.3, 0.4) is 0 Å². The van der Waals surface area contributed by atoms with Crippen LogP contribution in [0.2, 0.25) is 0 Å². The van der Waals surface area contributed by atoms with Crippen LogP contribution < -0.4 is 0 Å². The van der Waals surface area contributed by atoms with Gasteiger partial charge in [0, 0.05) is 38.7 Å². The number of carbonyl (C=O) groups is 1. The molecule has 0 aromatic rings. The van der Waals surface area contributed by atoms with E-state index >= 15 is 0 Å². The Balaban J connectivity index is 1.22. The number of hydrogen-bond donors (Lipinski definition) is 6. The summed E-state index contributed by atoms with van der Waals surface area (Å²) in [5, 5.41) is 63.7. The number of Topliss-reactive ketones (excluding diaryl/α,β-unsaturated/α-hetero) is 1. The minimum absolute atomic E-state index is 0.0416. The number of ether oxygens (including phenoxy) is 6. The van der Waals surface area contributed by atoms with Crippen LogP contribution in [-0.2, 0) is 33.2 Å². The second-order valence-corrected chi connectivity index (χ2v) is 16.4. The predicted molar refractivity (Wildman–Crippen MR) is 192 cm³/mol. The molecule has 8 rings (SSSR count). The number of aliphatic hydroxyl groups is 6. The molecule has 5 saturated heterocycles. The molecule has 6 N–H and O–H groups in total. The highest BCUT2D eigenvalue weighted by Crippen LogP contribution is 2.42. The summed E-state index contributed by atoms with van der Waals surface area (Å²) in [4.78, 5) is 13.8. The van der Waals surface area contributed by atoms with E-state index in [9.17, 15) is 35.4 Å². The number of hydrogen-bond acceptors (Lipinski definition) is 13. The van der Waals surface area contributed by atoms with Crippen LogP contribution in [0.15, 0.2) is 36.5 Å². The Morgan fingerprint density at radius 2 is 1.49 bits per heavy atom. The topological polar surface area (TPSA) is 194 Å². The molecule has 0 amide bonds. The maximum Gasteiger partial charge on any atom is 0.135 e. The molecule has 0 saturated carbocycles. The average molecular weight is 751 g/mol. The van der Waals surface area contributed by atoms with Crippen molar-refractivity contribution in [2.75, 3.05) is 13.7 Å². The lowest BCUT2D eigenvalue weighted by Gasteiger charge is -2.47. The Bertz CT molecular complexity index is 1290. The molecule has 0 aliphatic carbocycles. The molecule has 5 fully saturated rings. The minimum Gasteiger partial charge on any atom is -0.394 e. The molecule has 300 valence electrons. The molecule has 18 atom stereocenters. The number of methoxy groups -OCH3 is 1. The number of aliphatic hydroxyl groups excluding tert-OH is 6. The Morgan fingerprint density at radius 3 is 2.25 bits per heavy atom. The van der Waals surface area contributed by atoms with E-state index in [1.54, 1.807) is 7.11 Å². The SMILES string of the molecule is C=C1CC2CCC(O)/C=C/C(O)C3O[C@H]4CCC(CC(=O)CC5[C@@H](OC)C(CC(O)CO)O[C@H]5CC5OC(CCC1O2)CC(C)C5=C)OC4[C@H](O)[C@@H]3O. The zero-order valence-electron chi connectivity index (χ0n) is 31.2. The fraction of sp³-hybridized carbons (Fsp3) is 0.825. The van der Waals surface area contributed by atoms with Crippen molar-refractivity contribution >= 4 is 5.78 Å². The first-order valence-electron chi connectivity index (χ1n) is 19.7. The molecule has 0 radical (unpaired) electrons. The molecule has 53 heavy (non-hydrogen) atoms. The third-order valence-corrected chi connectivity index (χ3v) is 12.5. The van der Waals surface area contributed by atoms with Gasteiger partial charge in [-0.05, 0) is 68.4 Å². The number of rotatable bonds is 4. The fourth-order valence-corrected chi connectivity index (χ4v) is 9.50. The molecule has 13 unspecified atom stereocenters. The molecule has 0 aromatic heterocycles. The lowest BCUT2D eigenvalue weighted by atomic mass is 9.81. The summed E-state index contributed by atoms with van der Waals surface area (Å²) < 4.78 is 37.8. The van der Waals surface area contributed by atoms with Gasteiger partial charge in [-0.15, -0.1) is 0 Å². The van der Waals surface area contributed by atoms with E-state index in [0.29, 0.717) is 38.5 Å². The highest BCUT2D eigenvalue weighted by atomic mass is 16.6. The molecule has 0 spiro atoms. The van der Waals surface area contributed by atoms with Crippen molar-refractivity contribution in [3.63, 3.8) is 0 Å². The van der Waals surface area contributed by atoms with Gasteiger partial charge in [-0.2, -0.15) is 0 Å². The van der Waals surface area contributed by atoms with Crippen molar-refractivity contribution in [3.05, 3.63) is 36.5 Å². The van der Waals surface area contributed by atoms with E-state index in [2.05, 4.69) is 20.1 Å². The van der Waals surface area contributed by atoms with Crippen LogP contribution in [0.25, 0.3) is 0 Å². The van der Waals surface area contributed by atoms with Gasteiger partial charge < -0.3 is 59.1 Å². The highest BCUT2D eigenvalue weighted by Gasteiger charge is 2.51. The van der Waals surface area contributed by atoms with E-state index in [-0.39, 0.29) is 61.3 Å². The highest BCUT2D eigenvalue weighted by molar-refractivity contribution is 5.79. The normalized spacial score (nSPS) is 47.4. The van der Waals surface area contributed by atoms with Crippen molar-refractivity contribution < 1.29 is 63.9 Å². The molecule has 8 bridgehead atoms. The summed E-state index contributed by atoms with van der Waals surface area (Å²) in [6, 6.07) is 0. The quantitative estimate of drug-likeness (QED) is 0.228. The number of ketones is 1. The maximum absolute atomic E-state index is 13.8. The van der Waals surface area contributed by atoms with E-state index in [4.69, 9.17) is 28.4 Å². The Hall–Kier alpha value is -1.59. The first kappa shape index (κ1) is 41.1. The van der Waals surface area contributed by atoms with E-state index in [0.717, 1.165) is 30.4 Å². The Labute approximate surface area is 312 Å². The monoisotopic (exact) mass is 750 g/mol. The Kier molecular flexibility index (Phi) is 14.0. The van der Waals surface area contributed by atoms with Crippen molar-refractivity contribution in [1.29, 1.82) is 0 Å². The van der Waals surface area contributed by atoms with E-state index < -0.39 is 79.9 Å². The van der Waals surface area contributed by atoms with E-state index in [1.165, 1.54) is 12.2 Å². The predicted octanol–water partition coefficient (Wildman–Crippen LogP) is 1.82. The fourth-order valence-electron chi connectivity index (χ4n) is 9.50. The summed E-state index contributed by atoms with van der Waals surface area (Å²) in [6.45, 7) is 10.4. The molecular formula is C40H62O13. The van der Waals surface area contributed by atoms with Gasteiger partial charge in [-0.25, -0.2) is 0 Å². The number of fused-ring (bicyclic) bond motifs is 2. The van der Waals surface area contributed by atoms with Gasteiger partial charge in [0.25, 0.3) is 0 Å². The molecule has 13 nitrogen and oxygen atoms in total. The van der Waals surface area contributed by atoms with Crippen molar-refractivity contribution in [3.8, 4) is 0 Å². The Morgan fingerprint density at radius 1 is 0.792 bits per heavy atom. The van der Waals surface area contributed by atoms with Crippen LogP contribution in [0.5, 0.6) is 0 Å². The summed E-state index contributed by atoms with van der Waals surface area (Å²) >= 11 is 0. The largest absolute Gasteiger partial charge is 0.394 e. The van der Waals surface area contributed by atoms with Gasteiger partial charge in [0.2, 0.25) is 0 Å². The van der Waals surface area contributed by atoms with E-state index in [1.807, 2.05) is 0 Å². The smallest absolute Gasteiger partial charge is 0.135 e. The van der Waals surface area contributed by atoms with Gasteiger partial charge in [-0.1, -0.05) is 32.2 Å². The standard InChI is InChI=1S/C40H62O13/c1-20-13-27-8-11-31-21(2)14-26(49-31)7-5-23(42)6-10-30(45)39-36(46)37(47)40-32(53-39)12-9-28(51-40)15-24(43)16-29-34(18-33(50-27)22(20)3)52-35(38(29)48-4)17-25(44)19-41/h6,10,20,23,25-42,44-47H,2-3,5,7-9,11-19H2,1,4H3/b10-6+/t20?,23?,25?,26?,27?,28?,29?,30?,31?,32-,33?,34-,35?,36-,37+,38+,39?,40?/m0/s1. The minimum atomic E-state index is -1.46. The molecular weight excluding hydrogens is 688 g/mol. The lowest BCUT2D eigenvalue weighted by Crippen LogP contribution is -2.63. The molecule has 8 heterocycles. The first-order chi connectivity index (χ1) is 25.3. The summed E-state index contributed by atoms with van der Waals surface area (Å²) in [5.74, 6) is -0.241. The van der Waals surface area contributed by atoms with Gasteiger partial charge in [0.15, 0.2) is 0 Å². The number of carbonyl (C=O) groups excluding carboxylic acids is 1. The van der Waals surface area contributed by atoms with Crippen LogP contribution in [-0.4, -0.2) is 148 Å². The molecule has 8 aliphatic rings. The van der Waals surface area contributed by atoms with Crippen LogP contribution in [0.1, 0.15) is 84.0 Å². The zero-order valence-corrected chi connectivity index (χ0v) is 31.2. The third-order valence-electron chi connectivity index (χ3n) is 12.5. The molecule has 13 heteroatoms. The van der Waals surface area contributed by atoms with Gasteiger partial charge >= 0.3 is 0 Å². The van der Waals surface area contributed by atoms with Crippen LogP contribution in [0, 0.1) is 11.8 Å². The molecule has 8 aliphatic heterocycles. The molecule has 0 aromatic carbocycles. The second kappa shape index (κ2) is 18.1. The average Bonchev–Trinajstić information content (AvgIpc) is 3.65. The van der Waals surface area contributed by atoms with Gasteiger partial charge in [0.05, 0.1) is 73.8 Å². The van der Waals surface area contributed by atoms with Gasteiger partial charge in [-0.3, -0.25) is 4.79 Å². The summed E-state index contributed by atoms with van der Waals surface area (Å²) in [7, 11) is 1.56. The van der Waals surface area contributed by atoms with Crippen LogP contribution in [0.4, 0.5) is 0 Å². The zero-order chi connectivity index (χ0) is 38.0. The van der Waals surface area contributed by atoms with Crippen LogP contribution >= 0.6 is 0 Å².